The summed E-state index contributed by atoms with van der Waals surface area (Å²) in [5, 5.41) is 18.2. The molecule has 0 saturated carbocycles. The largest absolute Gasteiger partial charge is 0.506 e. The Balaban J connectivity index is 2.59. The second-order valence-electron chi connectivity index (χ2n) is 4.16. The lowest BCUT2D eigenvalue weighted by Crippen LogP contribution is -2.17. The molecule has 1 heterocycles. The van der Waals surface area contributed by atoms with E-state index in [9.17, 15) is 18.3 Å². The number of hydrogen-bond acceptors (Lipinski definition) is 5. The van der Waals surface area contributed by atoms with Crippen LogP contribution in [0.3, 0.4) is 0 Å². The number of nitriles is 1. The van der Waals surface area contributed by atoms with Crippen molar-refractivity contribution in [1.29, 1.82) is 5.26 Å². The van der Waals surface area contributed by atoms with Crippen LogP contribution in [0.5, 0.6) is 5.75 Å². The molecular formula is C13H10N2O4S. The molecule has 0 atom stereocenters. The summed E-state index contributed by atoms with van der Waals surface area (Å²) in [6, 6.07) is 8.35. The summed E-state index contributed by atoms with van der Waals surface area (Å²) in [7, 11) is -3.31. The second kappa shape index (κ2) is 4.83. The lowest BCUT2D eigenvalue weighted by molar-refractivity contribution is 0.471. The van der Waals surface area contributed by atoms with E-state index < -0.39 is 15.4 Å². The van der Waals surface area contributed by atoms with E-state index in [1.165, 1.54) is 30.5 Å². The minimum Gasteiger partial charge on any atom is -0.506 e. The number of aromatic nitrogens is 1. The van der Waals surface area contributed by atoms with E-state index >= 15 is 0 Å². The molecule has 0 amide bonds. The third kappa shape index (κ3) is 2.55. The Bertz CT molecular complexity index is 859. The molecule has 2 rings (SSSR count). The smallest absolute Gasteiger partial charge is 0.258 e. The Kier molecular flexibility index (Phi) is 3.34. The van der Waals surface area contributed by atoms with Crippen molar-refractivity contribution in [2.45, 2.75) is 4.90 Å². The van der Waals surface area contributed by atoms with Crippen LogP contribution in [0.2, 0.25) is 0 Å². The third-order valence-electron chi connectivity index (χ3n) is 2.70. The third-order valence-corrected chi connectivity index (χ3v) is 3.82. The molecule has 0 saturated heterocycles. The van der Waals surface area contributed by atoms with Crippen LogP contribution in [0.4, 0.5) is 0 Å². The normalized spacial score (nSPS) is 11.0. The Morgan fingerprint density at radius 1 is 1.25 bits per heavy atom. The van der Waals surface area contributed by atoms with Crippen molar-refractivity contribution in [3.63, 3.8) is 0 Å². The standard InChI is InChI=1S/C13H10N2O4S/c1-20(18,19)11-4-2-10(3-5-11)15-8-9(7-14)12(16)6-13(15)17/h2-6,8,16H,1H3. The molecule has 1 N–H and O–H groups in total. The first-order valence-corrected chi connectivity index (χ1v) is 7.38. The minimum atomic E-state index is -3.31. The molecule has 0 spiro atoms. The fourth-order valence-corrected chi connectivity index (χ4v) is 2.30. The van der Waals surface area contributed by atoms with Crippen LogP contribution in [0.15, 0.2) is 46.2 Å². The molecule has 0 radical (unpaired) electrons. The van der Waals surface area contributed by atoms with E-state index in [4.69, 9.17) is 5.26 Å². The number of pyridine rings is 1. The molecule has 0 unspecified atom stereocenters. The number of aromatic hydroxyl groups is 1. The average Bonchev–Trinajstić information content (AvgIpc) is 2.38. The summed E-state index contributed by atoms with van der Waals surface area (Å²) in [6.07, 6.45) is 2.29. The summed E-state index contributed by atoms with van der Waals surface area (Å²) >= 11 is 0. The summed E-state index contributed by atoms with van der Waals surface area (Å²) in [5.41, 5.74) is -0.163. The maximum absolute atomic E-state index is 11.8. The van der Waals surface area contributed by atoms with Crippen molar-refractivity contribution in [1.82, 2.24) is 4.57 Å². The highest BCUT2D eigenvalue weighted by Crippen LogP contribution is 2.16. The Hall–Kier alpha value is -2.59. The van der Waals surface area contributed by atoms with Gasteiger partial charge in [0, 0.05) is 24.2 Å². The van der Waals surface area contributed by atoms with Crippen LogP contribution in [-0.2, 0) is 9.84 Å². The van der Waals surface area contributed by atoms with Gasteiger partial charge in [0.15, 0.2) is 9.84 Å². The van der Waals surface area contributed by atoms with Gasteiger partial charge >= 0.3 is 0 Å². The van der Waals surface area contributed by atoms with Gasteiger partial charge in [0.2, 0.25) is 0 Å². The molecule has 6 nitrogen and oxygen atoms in total. The number of benzene rings is 1. The van der Waals surface area contributed by atoms with Crippen LogP contribution in [-0.4, -0.2) is 24.3 Å². The molecule has 1 aromatic heterocycles. The second-order valence-corrected chi connectivity index (χ2v) is 6.17. The first-order chi connectivity index (χ1) is 9.32. The zero-order valence-electron chi connectivity index (χ0n) is 10.4. The predicted molar refractivity (Wildman–Crippen MR) is 71.5 cm³/mol. The van der Waals surface area contributed by atoms with Crippen molar-refractivity contribution in [2.24, 2.45) is 0 Å². The van der Waals surface area contributed by atoms with Crippen LogP contribution >= 0.6 is 0 Å². The van der Waals surface area contributed by atoms with Gasteiger partial charge in [0.25, 0.3) is 5.56 Å². The predicted octanol–water partition coefficient (Wildman–Crippen LogP) is 0.818. The molecule has 0 aliphatic rings. The van der Waals surface area contributed by atoms with E-state index in [-0.39, 0.29) is 16.2 Å². The van der Waals surface area contributed by atoms with Gasteiger partial charge in [-0.05, 0) is 24.3 Å². The zero-order chi connectivity index (χ0) is 14.9. The van der Waals surface area contributed by atoms with E-state index in [2.05, 4.69) is 0 Å². The highest BCUT2D eigenvalue weighted by Gasteiger charge is 2.09. The Labute approximate surface area is 115 Å². The van der Waals surface area contributed by atoms with Gasteiger partial charge < -0.3 is 5.11 Å². The number of nitrogens with zero attached hydrogens (tertiary/aromatic N) is 2. The van der Waals surface area contributed by atoms with Crippen LogP contribution in [0, 0.1) is 11.3 Å². The van der Waals surface area contributed by atoms with E-state index in [0.717, 1.165) is 16.9 Å². The lowest BCUT2D eigenvalue weighted by Gasteiger charge is -2.07. The summed E-state index contributed by atoms with van der Waals surface area (Å²) < 4.78 is 23.9. The van der Waals surface area contributed by atoms with Crippen LogP contribution in [0.25, 0.3) is 5.69 Å². The van der Waals surface area contributed by atoms with Gasteiger partial charge in [0.1, 0.15) is 17.4 Å². The first-order valence-electron chi connectivity index (χ1n) is 5.49. The number of sulfone groups is 1. The van der Waals surface area contributed by atoms with Gasteiger partial charge in [-0.25, -0.2) is 8.42 Å². The average molecular weight is 290 g/mol. The molecular weight excluding hydrogens is 280 g/mol. The van der Waals surface area contributed by atoms with Gasteiger partial charge in [-0.2, -0.15) is 5.26 Å². The molecule has 0 aliphatic carbocycles. The topological polar surface area (TPSA) is 100 Å². The zero-order valence-corrected chi connectivity index (χ0v) is 11.3. The molecule has 0 bridgehead atoms. The van der Waals surface area contributed by atoms with Crippen molar-refractivity contribution in [2.75, 3.05) is 6.26 Å². The van der Waals surface area contributed by atoms with Gasteiger partial charge in [-0.15, -0.1) is 0 Å². The van der Waals surface area contributed by atoms with E-state index in [0.29, 0.717) is 5.69 Å². The van der Waals surface area contributed by atoms with Gasteiger partial charge in [-0.3, -0.25) is 9.36 Å². The Morgan fingerprint density at radius 2 is 1.85 bits per heavy atom. The highest BCUT2D eigenvalue weighted by atomic mass is 32.2. The van der Waals surface area contributed by atoms with Crippen molar-refractivity contribution < 1.29 is 13.5 Å². The fraction of sp³-hybridized carbons (Fsp3) is 0.0769. The molecule has 2 aromatic rings. The van der Waals surface area contributed by atoms with Gasteiger partial charge in [-0.1, -0.05) is 0 Å². The molecule has 0 aliphatic heterocycles. The fourth-order valence-electron chi connectivity index (χ4n) is 1.66. The Morgan fingerprint density at radius 3 is 2.35 bits per heavy atom. The van der Waals surface area contributed by atoms with Crippen LogP contribution < -0.4 is 5.56 Å². The lowest BCUT2D eigenvalue weighted by atomic mass is 10.2. The maximum atomic E-state index is 11.8. The molecule has 7 heteroatoms. The first kappa shape index (κ1) is 13.8. The van der Waals surface area contributed by atoms with Crippen LogP contribution in [0.1, 0.15) is 5.56 Å². The van der Waals surface area contributed by atoms with Crippen molar-refractivity contribution >= 4 is 9.84 Å². The minimum absolute atomic E-state index is 0.0446. The monoisotopic (exact) mass is 290 g/mol. The van der Waals surface area contributed by atoms with Gasteiger partial charge in [0.05, 0.1) is 4.90 Å². The SMILES string of the molecule is CS(=O)(=O)c1ccc(-n2cc(C#N)c(O)cc2=O)cc1. The van der Waals surface area contributed by atoms with E-state index in [1.54, 1.807) is 6.07 Å². The molecule has 1 aromatic carbocycles. The number of hydrogen-bond donors (Lipinski definition) is 1. The maximum Gasteiger partial charge on any atom is 0.258 e. The van der Waals surface area contributed by atoms with Crippen molar-refractivity contribution in [3.8, 4) is 17.5 Å². The summed E-state index contributed by atoms with van der Waals surface area (Å²) in [4.78, 5) is 11.9. The highest BCUT2D eigenvalue weighted by molar-refractivity contribution is 7.90. The van der Waals surface area contributed by atoms with E-state index in [1.807, 2.05) is 0 Å². The molecule has 102 valence electrons. The molecule has 0 fully saturated rings. The summed E-state index contributed by atoms with van der Waals surface area (Å²) in [5.74, 6) is -0.387. The van der Waals surface area contributed by atoms with Crippen molar-refractivity contribution in [3.05, 3.63) is 52.4 Å². The quantitative estimate of drug-likeness (QED) is 0.882. The number of rotatable bonds is 2. The molecule has 20 heavy (non-hydrogen) atoms. The summed E-state index contributed by atoms with van der Waals surface area (Å²) in [6.45, 7) is 0.